The van der Waals surface area contributed by atoms with Crippen molar-refractivity contribution in [2.75, 3.05) is 12.4 Å². The Balaban J connectivity index is 1.71. The number of hydrogen-bond donors (Lipinski definition) is 1. The zero-order valence-corrected chi connectivity index (χ0v) is 14.4. The SMILES string of the molecule is COc1cc(NC(=O)Oc2ccc([N+](=O)[O-])cc2)ccc1-n1cc(C)nn1. The molecule has 27 heavy (non-hydrogen) atoms. The van der Waals surface area contributed by atoms with Gasteiger partial charge in [0.1, 0.15) is 17.2 Å². The molecular weight excluding hydrogens is 354 g/mol. The average molecular weight is 369 g/mol. The number of methoxy groups -OCH3 is 1. The Bertz CT molecular complexity index is 984. The number of hydrogen-bond acceptors (Lipinski definition) is 7. The molecule has 0 aliphatic rings. The van der Waals surface area contributed by atoms with Gasteiger partial charge < -0.3 is 9.47 Å². The van der Waals surface area contributed by atoms with Crippen molar-refractivity contribution in [2.24, 2.45) is 0 Å². The fourth-order valence-corrected chi connectivity index (χ4v) is 2.30. The number of ether oxygens (including phenoxy) is 2. The fraction of sp³-hybridized carbons (Fsp3) is 0.118. The molecule has 2 aromatic carbocycles. The van der Waals surface area contributed by atoms with E-state index in [-0.39, 0.29) is 11.4 Å². The van der Waals surface area contributed by atoms with Crippen molar-refractivity contribution in [1.29, 1.82) is 0 Å². The van der Waals surface area contributed by atoms with Crippen LogP contribution in [-0.4, -0.2) is 33.1 Å². The van der Waals surface area contributed by atoms with E-state index in [4.69, 9.17) is 9.47 Å². The van der Waals surface area contributed by atoms with E-state index < -0.39 is 11.0 Å². The summed E-state index contributed by atoms with van der Waals surface area (Å²) in [6, 6.07) is 10.2. The van der Waals surface area contributed by atoms with Crippen molar-refractivity contribution < 1.29 is 19.2 Å². The molecule has 0 bridgehead atoms. The first-order chi connectivity index (χ1) is 13.0. The number of nitro groups is 1. The summed E-state index contributed by atoms with van der Waals surface area (Å²) < 4.78 is 12.0. The van der Waals surface area contributed by atoms with Crippen LogP contribution in [0, 0.1) is 17.0 Å². The van der Waals surface area contributed by atoms with Gasteiger partial charge in [-0.05, 0) is 31.2 Å². The number of benzene rings is 2. The van der Waals surface area contributed by atoms with Crippen LogP contribution in [0.3, 0.4) is 0 Å². The number of anilines is 1. The molecule has 3 rings (SSSR count). The average Bonchev–Trinajstić information content (AvgIpc) is 3.08. The van der Waals surface area contributed by atoms with Crippen LogP contribution >= 0.6 is 0 Å². The zero-order chi connectivity index (χ0) is 19.4. The monoisotopic (exact) mass is 369 g/mol. The molecule has 0 spiro atoms. The first-order valence-corrected chi connectivity index (χ1v) is 7.77. The summed E-state index contributed by atoms with van der Waals surface area (Å²) in [7, 11) is 1.50. The van der Waals surface area contributed by atoms with Gasteiger partial charge >= 0.3 is 6.09 Å². The number of non-ortho nitro benzene ring substituents is 1. The minimum atomic E-state index is -0.741. The standard InChI is InChI=1S/C17H15N5O5/c1-11-10-21(20-19-11)15-8-3-12(9-16(15)26-2)18-17(23)27-14-6-4-13(5-7-14)22(24)25/h3-10H,1-2H3,(H,18,23). The van der Waals surface area contributed by atoms with E-state index in [2.05, 4.69) is 15.6 Å². The summed E-state index contributed by atoms with van der Waals surface area (Å²) in [6.45, 7) is 1.82. The van der Waals surface area contributed by atoms with Gasteiger partial charge in [0.2, 0.25) is 0 Å². The highest BCUT2D eigenvalue weighted by Gasteiger charge is 2.12. The van der Waals surface area contributed by atoms with Gasteiger partial charge in [-0.1, -0.05) is 5.21 Å². The largest absolute Gasteiger partial charge is 0.494 e. The lowest BCUT2D eigenvalue weighted by Gasteiger charge is -2.11. The molecule has 1 amide bonds. The third-order valence-electron chi connectivity index (χ3n) is 3.54. The number of nitrogens with zero attached hydrogens (tertiary/aromatic N) is 4. The lowest BCUT2D eigenvalue weighted by molar-refractivity contribution is -0.384. The van der Waals surface area contributed by atoms with Gasteiger partial charge in [-0.25, -0.2) is 9.48 Å². The quantitative estimate of drug-likeness (QED) is 0.541. The molecular formula is C17H15N5O5. The number of aromatic nitrogens is 3. The van der Waals surface area contributed by atoms with Crippen molar-refractivity contribution >= 4 is 17.5 Å². The van der Waals surface area contributed by atoms with Crippen molar-refractivity contribution in [3.8, 4) is 17.2 Å². The van der Waals surface area contributed by atoms with E-state index in [1.54, 1.807) is 29.1 Å². The number of nitro benzene ring substituents is 1. The molecule has 0 atom stereocenters. The van der Waals surface area contributed by atoms with Gasteiger partial charge in [0.15, 0.2) is 0 Å². The van der Waals surface area contributed by atoms with Crippen molar-refractivity contribution in [1.82, 2.24) is 15.0 Å². The number of nitrogens with one attached hydrogen (secondary N) is 1. The van der Waals surface area contributed by atoms with Crippen molar-refractivity contribution in [3.05, 3.63) is 64.5 Å². The van der Waals surface area contributed by atoms with Crippen LogP contribution < -0.4 is 14.8 Å². The van der Waals surface area contributed by atoms with Crippen molar-refractivity contribution in [2.45, 2.75) is 6.92 Å². The second-order valence-electron chi connectivity index (χ2n) is 5.46. The van der Waals surface area contributed by atoms with Gasteiger partial charge in [0, 0.05) is 23.9 Å². The Morgan fingerprint density at radius 2 is 1.96 bits per heavy atom. The minimum Gasteiger partial charge on any atom is -0.494 e. The van der Waals surface area contributed by atoms with E-state index >= 15 is 0 Å². The molecule has 0 fully saturated rings. The van der Waals surface area contributed by atoms with E-state index in [1.165, 1.54) is 31.4 Å². The maximum atomic E-state index is 12.0. The van der Waals surface area contributed by atoms with Crippen LogP contribution in [-0.2, 0) is 0 Å². The van der Waals surface area contributed by atoms with Gasteiger partial charge in [-0.3, -0.25) is 15.4 Å². The molecule has 138 valence electrons. The third kappa shape index (κ3) is 4.18. The van der Waals surface area contributed by atoms with Crippen LogP contribution in [0.2, 0.25) is 0 Å². The summed E-state index contributed by atoms with van der Waals surface area (Å²) in [5.74, 6) is 0.660. The van der Waals surface area contributed by atoms with E-state index in [9.17, 15) is 14.9 Å². The molecule has 1 heterocycles. The maximum absolute atomic E-state index is 12.0. The highest BCUT2D eigenvalue weighted by Crippen LogP contribution is 2.26. The van der Waals surface area contributed by atoms with E-state index in [1.807, 2.05) is 6.92 Å². The number of amides is 1. The summed E-state index contributed by atoms with van der Waals surface area (Å²) in [6.07, 6.45) is 1.00. The highest BCUT2D eigenvalue weighted by molar-refractivity contribution is 5.87. The second-order valence-corrected chi connectivity index (χ2v) is 5.46. The first-order valence-electron chi connectivity index (χ1n) is 7.77. The van der Waals surface area contributed by atoms with Crippen molar-refractivity contribution in [3.63, 3.8) is 0 Å². The van der Waals surface area contributed by atoms with Crippen LogP contribution in [0.5, 0.6) is 11.5 Å². The molecule has 3 aromatic rings. The topological polar surface area (TPSA) is 121 Å². The Hall–Kier alpha value is -3.95. The summed E-state index contributed by atoms with van der Waals surface area (Å²) in [5.41, 5.74) is 1.77. The minimum absolute atomic E-state index is 0.0913. The molecule has 0 aliphatic heterocycles. The summed E-state index contributed by atoms with van der Waals surface area (Å²) in [5, 5.41) is 21.1. The number of carbonyl (C=O) groups is 1. The summed E-state index contributed by atoms with van der Waals surface area (Å²) in [4.78, 5) is 22.1. The molecule has 1 N–H and O–H groups in total. The Kier molecular flexibility index (Phi) is 4.97. The highest BCUT2D eigenvalue weighted by atomic mass is 16.6. The molecule has 0 radical (unpaired) electrons. The normalized spacial score (nSPS) is 10.3. The molecule has 1 aromatic heterocycles. The third-order valence-corrected chi connectivity index (χ3v) is 3.54. The van der Waals surface area contributed by atoms with Gasteiger partial charge in [-0.15, -0.1) is 5.10 Å². The second kappa shape index (κ2) is 7.52. The first kappa shape index (κ1) is 17.9. The van der Waals surface area contributed by atoms with Crippen LogP contribution in [0.4, 0.5) is 16.2 Å². The molecule has 0 aliphatic carbocycles. The van der Waals surface area contributed by atoms with Crippen LogP contribution in [0.25, 0.3) is 5.69 Å². The predicted octanol–water partition coefficient (Wildman–Crippen LogP) is 3.10. The Labute approximate surface area is 153 Å². The Morgan fingerprint density at radius 1 is 1.22 bits per heavy atom. The number of carbonyl (C=O) groups excluding carboxylic acids is 1. The lowest BCUT2D eigenvalue weighted by atomic mass is 10.2. The smallest absolute Gasteiger partial charge is 0.417 e. The van der Waals surface area contributed by atoms with Gasteiger partial charge in [0.25, 0.3) is 5.69 Å². The van der Waals surface area contributed by atoms with Gasteiger partial charge in [-0.2, -0.15) is 0 Å². The van der Waals surface area contributed by atoms with Crippen LogP contribution in [0.1, 0.15) is 5.69 Å². The maximum Gasteiger partial charge on any atom is 0.417 e. The molecule has 0 saturated carbocycles. The van der Waals surface area contributed by atoms with Crippen LogP contribution in [0.15, 0.2) is 48.7 Å². The number of rotatable bonds is 5. The summed E-state index contributed by atoms with van der Waals surface area (Å²) >= 11 is 0. The number of aryl methyl sites for hydroxylation is 1. The molecule has 0 unspecified atom stereocenters. The van der Waals surface area contributed by atoms with E-state index in [0.717, 1.165) is 5.69 Å². The van der Waals surface area contributed by atoms with Gasteiger partial charge in [0.05, 0.1) is 23.9 Å². The lowest BCUT2D eigenvalue weighted by Crippen LogP contribution is -2.16. The predicted molar refractivity (Wildman–Crippen MR) is 95.4 cm³/mol. The van der Waals surface area contributed by atoms with E-state index in [0.29, 0.717) is 17.1 Å². The zero-order valence-electron chi connectivity index (χ0n) is 14.4. The molecule has 0 saturated heterocycles. The molecule has 10 nitrogen and oxygen atoms in total. The Morgan fingerprint density at radius 3 is 2.56 bits per heavy atom. The molecule has 10 heteroatoms. The fourth-order valence-electron chi connectivity index (χ4n) is 2.30.